The number of esters is 1. The normalized spacial score (nSPS) is 10.3. The molecule has 0 spiro atoms. The summed E-state index contributed by atoms with van der Waals surface area (Å²) in [5.74, 6) is 0.444. The number of carbonyl (C=O) groups is 1. The van der Waals surface area contributed by atoms with Gasteiger partial charge in [0.1, 0.15) is 23.8 Å². The van der Waals surface area contributed by atoms with Gasteiger partial charge < -0.3 is 9.15 Å². The molecule has 0 aliphatic rings. The molecule has 0 radical (unpaired) electrons. The van der Waals surface area contributed by atoms with Gasteiger partial charge in [-0.15, -0.1) is 0 Å². The molecule has 0 unspecified atom stereocenters. The lowest BCUT2D eigenvalue weighted by molar-refractivity contribution is -0.142. The molecule has 0 fully saturated rings. The summed E-state index contributed by atoms with van der Waals surface area (Å²) in [5, 5.41) is 10.4. The molecule has 4 nitrogen and oxygen atoms in total. The molecular weight excluding hydrogens is 350 g/mol. The van der Waals surface area contributed by atoms with Crippen LogP contribution >= 0.6 is 11.6 Å². The lowest BCUT2D eigenvalue weighted by Crippen LogP contribution is -2.07. The van der Waals surface area contributed by atoms with Gasteiger partial charge in [0.25, 0.3) is 0 Å². The third-order valence-electron chi connectivity index (χ3n) is 3.87. The van der Waals surface area contributed by atoms with Crippen molar-refractivity contribution in [2.45, 2.75) is 13.3 Å². The molecule has 0 aliphatic carbocycles. The maximum absolute atomic E-state index is 12.0. The van der Waals surface area contributed by atoms with Gasteiger partial charge in [0.15, 0.2) is 5.76 Å². The summed E-state index contributed by atoms with van der Waals surface area (Å²) in [6, 6.07) is 18.6. The predicted molar refractivity (Wildman–Crippen MR) is 99.6 cm³/mol. The molecule has 130 valence electrons. The van der Waals surface area contributed by atoms with Crippen molar-refractivity contribution in [3.63, 3.8) is 0 Å². The first-order valence-corrected chi connectivity index (χ1v) is 8.54. The first kappa shape index (κ1) is 17.8. The Morgan fingerprint density at radius 3 is 2.42 bits per heavy atom. The first-order valence-electron chi connectivity index (χ1n) is 8.16. The smallest absolute Gasteiger partial charge is 0.313 e. The SMILES string of the molecule is CCOC(=O)Cc1oc(-c2ccccc2)c(C#N)c1-c1ccc(Cl)cc1. The number of nitrogens with zero attached hydrogens (tertiary/aromatic N) is 1. The van der Waals surface area contributed by atoms with Crippen LogP contribution < -0.4 is 0 Å². The highest BCUT2D eigenvalue weighted by Gasteiger charge is 2.24. The highest BCUT2D eigenvalue weighted by atomic mass is 35.5. The van der Waals surface area contributed by atoms with E-state index >= 15 is 0 Å². The van der Waals surface area contributed by atoms with Crippen molar-refractivity contribution in [1.29, 1.82) is 5.26 Å². The number of furan rings is 1. The van der Waals surface area contributed by atoms with Crippen LogP contribution in [0.5, 0.6) is 0 Å². The van der Waals surface area contributed by atoms with Crippen LogP contribution in [-0.2, 0) is 16.0 Å². The Labute approximate surface area is 156 Å². The monoisotopic (exact) mass is 365 g/mol. The average molecular weight is 366 g/mol. The number of nitriles is 1. The average Bonchev–Trinajstić information content (AvgIpc) is 3.01. The van der Waals surface area contributed by atoms with E-state index in [4.69, 9.17) is 20.8 Å². The van der Waals surface area contributed by atoms with Crippen molar-refractivity contribution in [1.82, 2.24) is 0 Å². The molecule has 0 amide bonds. The molecule has 0 saturated heterocycles. The molecule has 0 N–H and O–H groups in total. The molecule has 3 aromatic rings. The van der Waals surface area contributed by atoms with Crippen molar-refractivity contribution >= 4 is 17.6 Å². The van der Waals surface area contributed by atoms with Gasteiger partial charge in [0.2, 0.25) is 0 Å². The van der Waals surface area contributed by atoms with E-state index in [-0.39, 0.29) is 13.0 Å². The van der Waals surface area contributed by atoms with Crippen molar-refractivity contribution < 1.29 is 13.9 Å². The number of hydrogen-bond donors (Lipinski definition) is 0. The zero-order valence-corrected chi connectivity index (χ0v) is 14.9. The maximum Gasteiger partial charge on any atom is 0.313 e. The summed E-state index contributed by atoms with van der Waals surface area (Å²) < 4.78 is 11.0. The van der Waals surface area contributed by atoms with Crippen LogP contribution in [0.25, 0.3) is 22.5 Å². The molecule has 0 saturated carbocycles. The van der Waals surface area contributed by atoms with Gasteiger partial charge >= 0.3 is 5.97 Å². The summed E-state index contributed by atoms with van der Waals surface area (Å²) in [7, 11) is 0. The Morgan fingerprint density at radius 1 is 1.12 bits per heavy atom. The zero-order valence-electron chi connectivity index (χ0n) is 14.2. The van der Waals surface area contributed by atoms with Crippen molar-refractivity contribution in [2.75, 3.05) is 6.61 Å². The number of halogens is 1. The Bertz CT molecular complexity index is 953. The Morgan fingerprint density at radius 2 is 1.81 bits per heavy atom. The van der Waals surface area contributed by atoms with Gasteiger partial charge in [-0.05, 0) is 24.6 Å². The van der Waals surface area contributed by atoms with Gasteiger partial charge in [-0.3, -0.25) is 4.79 Å². The van der Waals surface area contributed by atoms with Crippen molar-refractivity contribution in [3.05, 3.63) is 70.9 Å². The van der Waals surface area contributed by atoms with Gasteiger partial charge in [-0.1, -0.05) is 54.1 Å². The van der Waals surface area contributed by atoms with E-state index in [0.29, 0.717) is 27.7 Å². The van der Waals surface area contributed by atoms with Crippen LogP contribution in [0.4, 0.5) is 0 Å². The molecule has 5 heteroatoms. The fourth-order valence-corrected chi connectivity index (χ4v) is 2.89. The molecule has 1 heterocycles. The number of hydrogen-bond acceptors (Lipinski definition) is 4. The van der Waals surface area contributed by atoms with E-state index in [1.54, 1.807) is 31.2 Å². The van der Waals surface area contributed by atoms with Crippen LogP contribution in [0, 0.1) is 11.3 Å². The van der Waals surface area contributed by atoms with Gasteiger partial charge in [-0.2, -0.15) is 5.26 Å². The van der Waals surface area contributed by atoms with E-state index in [0.717, 1.165) is 11.1 Å². The summed E-state index contributed by atoms with van der Waals surface area (Å²) >= 11 is 5.98. The second-order valence-corrected chi connectivity index (χ2v) is 6.01. The Kier molecular flexibility index (Phi) is 5.40. The highest BCUT2D eigenvalue weighted by molar-refractivity contribution is 6.30. The molecule has 0 aliphatic heterocycles. The quantitative estimate of drug-likeness (QED) is 0.580. The first-order chi connectivity index (χ1) is 12.6. The molecule has 2 aromatic carbocycles. The summed E-state index contributed by atoms with van der Waals surface area (Å²) in [6.45, 7) is 2.03. The number of ether oxygens (including phenoxy) is 1. The van der Waals surface area contributed by atoms with Crippen LogP contribution in [-0.4, -0.2) is 12.6 Å². The third kappa shape index (κ3) is 3.63. The van der Waals surface area contributed by atoms with Gasteiger partial charge in [0.05, 0.1) is 6.61 Å². The van der Waals surface area contributed by atoms with Crippen LogP contribution in [0.1, 0.15) is 18.2 Å². The minimum Gasteiger partial charge on any atom is -0.466 e. The van der Waals surface area contributed by atoms with E-state index in [1.807, 2.05) is 30.3 Å². The molecule has 26 heavy (non-hydrogen) atoms. The number of rotatable bonds is 5. The fraction of sp³-hybridized carbons (Fsp3) is 0.143. The number of benzene rings is 2. The standard InChI is InChI=1S/C21H16ClNO3/c1-2-25-19(24)12-18-20(14-8-10-16(22)11-9-14)17(13-23)21(26-18)15-6-4-3-5-7-15/h3-11H,2,12H2,1H3. The molecule has 3 rings (SSSR count). The van der Waals surface area contributed by atoms with E-state index < -0.39 is 5.97 Å². The van der Waals surface area contributed by atoms with E-state index in [2.05, 4.69) is 6.07 Å². The van der Waals surface area contributed by atoms with Crippen LogP contribution in [0.2, 0.25) is 5.02 Å². The Hall–Kier alpha value is -3.03. The van der Waals surface area contributed by atoms with Crippen molar-refractivity contribution in [2.24, 2.45) is 0 Å². The topological polar surface area (TPSA) is 63.2 Å². The number of carbonyl (C=O) groups excluding carboxylic acids is 1. The lowest BCUT2D eigenvalue weighted by Gasteiger charge is -2.04. The van der Waals surface area contributed by atoms with E-state index in [9.17, 15) is 10.1 Å². The minimum absolute atomic E-state index is 0.0483. The van der Waals surface area contributed by atoms with Crippen LogP contribution in [0.3, 0.4) is 0 Å². The fourth-order valence-electron chi connectivity index (χ4n) is 2.77. The third-order valence-corrected chi connectivity index (χ3v) is 4.12. The summed E-state index contributed by atoms with van der Waals surface area (Å²) in [6.07, 6.45) is -0.0483. The molecule has 0 atom stereocenters. The molecule has 0 bridgehead atoms. The van der Waals surface area contributed by atoms with Crippen molar-refractivity contribution in [3.8, 4) is 28.5 Å². The van der Waals surface area contributed by atoms with Gasteiger partial charge in [0, 0.05) is 16.1 Å². The second kappa shape index (κ2) is 7.90. The lowest BCUT2D eigenvalue weighted by atomic mass is 9.98. The molecule has 1 aromatic heterocycles. The van der Waals surface area contributed by atoms with Gasteiger partial charge in [-0.25, -0.2) is 0 Å². The molecular formula is C21H16ClNO3. The highest BCUT2D eigenvalue weighted by Crippen LogP contribution is 2.38. The zero-order chi connectivity index (χ0) is 18.5. The second-order valence-electron chi connectivity index (χ2n) is 5.57. The van der Waals surface area contributed by atoms with E-state index in [1.165, 1.54) is 0 Å². The minimum atomic E-state index is -0.402. The maximum atomic E-state index is 12.0. The summed E-state index contributed by atoms with van der Waals surface area (Å²) in [5.41, 5.74) is 2.51. The summed E-state index contributed by atoms with van der Waals surface area (Å²) in [4.78, 5) is 12.0. The largest absolute Gasteiger partial charge is 0.466 e. The Balaban J connectivity index is 2.18. The van der Waals surface area contributed by atoms with Crippen LogP contribution in [0.15, 0.2) is 59.0 Å². The predicted octanol–water partition coefficient (Wildman–Crippen LogP) is 5.24.